The van der Waals surface area contributed by atoms with E-state index in [-0.39, 0.29) is 22.7 Å². The van der Waals surface area contributed by atoms with Crippen molar-refractivity contribution in [1.82, 2.24) is 0 Å². The third-order valence-corrected chi connectivity index (χ3v) is 9.08. The number of methoxy groups -OCH3 is 1. The van der Waals surface area contributed by atoms with Gasteiger partial charge in [0.15, 0.2) is 0 Å². The molecule has 0 saturated carbocycles. The van der Waals surface area contributed by atoms with Crippen molar-refractivity contribution in [1.29, 1.82) is 0 Å². The maximum absolute atomic E-state index is 13.8. The van der Waals surface area contributed by atoms with Gasteiger partial charge in [-0.05, 0) is 42.3 Å². The fourth-order valence-electron chi connectivity index (χ4n) is 5.77. The number of aromatic hydroxyl groups is 1. The summed E-state index contributed by atoms with van der Waals surface area (Å²) in [5.74, 6) is -0.470. The lowest BCUT2D eigenvalue weighted by molar-refractivity contribution is -0.385. The van der Waals surface area contributed by atoms with Crippen LogP contribution in [0.3, 0.4) is 0 Å². The zero-order valence-electron chi connectivity index (χ0n) is 28.1. The first-order valence-corrected chi connectivity index (χ1v) is 17.9. The number of hydrogen-bond donors (Lipinski definition) is 2. The summed E-state index contributed by atoms with van der Waals surface area (Å²) >= 11 is 3.31. The van der Waals surface area contributed by atoms with E-state index in [1.165, 1.54) is 68.7 Å². The van der Waals surface area contributed by atoms with Crippen LogP contribution in [0.15, 0.2) is 72.8 Å². The van der Waals surface area contributed by atoms with Gasteiger partial charge in [-0.15, -0.1) is 0 Å². The number of nitrogens with one attached hydrogen (secondary N) is 1. The van der Waals surface area contributed by atoms with E-state index < -0.39 is 16.9 Å². The van der Waals surface area contributed by atoms with Gasteiger partial charge in [-0.1, -0.05) is 117 Å². The molecule has 260 valence electrons. The first kappa shape index (κ1) is 37.2. The van der Waals surface area contributed by atoms with Gasteiger partial charge in [0, 0.05) is 28.7 Å². The molecule has 0 atom stereocenters. The number of nitro groups is 1. The fourth-order valence-corrected chi connectivity index (χ4v) is 6.12. The van der Waals surface area contributed by atoms with Gasteiger partial charge < -0.3 is 19.9 Å². The van der Waals surface area contributed by atoms with E-state index in [1.807, 2.05) is 0 Å². The third kappa shape index (κ3) is 9.95. The Hall–Kier alpha value is -4.64. The molecule has 4 aromatic carbocycles. The van der Waals surface area contributed by atoms with Gasteiger partial charge in [0.05, 0.1) is 29.0 Å². The highest BCUT2D eigenvalue weighted by Crippen LogP contribution is 2.37. The number of rotatable bonds is 18. The van der Waals surface area contributed by atoms with Crippen molar-refractivity contribution in [3.8, 4) is 17.2 Å². The summed E-state index contributed by atoms with van der Waals surface area (Å²) in [5, 5.41) is 27.2. The van der Waals surface area contributed by atoms with Crippen molar-refractivity contribution in [2.45, 2.75) is 76.5 Å². The Morgan fingerprint density at radius 2 is 1.55 bits per heavy atom. The van der Waals surface area contributed by atoms with Gasteiger partial charge in [-0.25, -0.2) is 4.79 Å². The van der Waals surface area contributed by atoms with Gasteiger partial charge >= 0.3 is 11.8 Å². The van der Waals surface area contributed by atoms with Crippen molar-refractivity contribution in [3.05, 3.63) is 94.0 Å². The van der Waals surface area contributed by atoms with Crippen LogP contribution in [0.5, 0.6) is 17.2 Å². The largest absolute Gasteiger partial charge is 0.506 e. The van der Waals surface area contributed by atoms with E-state index in [1.54, 1.807) is 54.6 Å². The van der Waals surface area contributed by atoms with E-state index in [0.29, 0.717) is 51.8 Å². The Morgan fingerprint density at radius 1 is 0.857 bits per heavy atom. The molecule has 2 N–H and O–H groups in total. The first-order chi connectivity index (χ1) is 23.8. The van der Waals surface area contributed by atoms with E-state index in [2.05, 4.69) is 28.2 Å². The SMILES string of the molecule is CCCCCCCCCCCCN(C(=O)Oc1ccc(CBr)cc1[N+](=O)[O-])c1cccc2c(O)c(C(=O)Nc3ccccc3OC)ccc12. The number of fused-ring (bicyclic) bond motifs is 1. The summed E-state index contributed by atoms with van der Waals surface area (Å²) < 4.78 is 11.0. The Kier molecular flexibility index (Phi) is 14.3. The number of anilines is 2. The molecule has 0 unspecified atom stereocenters. The molecule has 0 aliphatic carbocycles. The molecular formula is C38H44BrN3O7. The summed E-state index contributed by atoms with van der Waals surface area (Å²) in [7, 11) is 1.50. The summed E-state index contributed by atoms with van der Waals surface area (Å²) in [6, 6.07) is 19.7. The molecule has 0 fully saturated rings. The molecule has 0 saturated heterocycles. The molecule has 0 bridgehead atoms. The van der Waals surface area contributed by atoms with Crippen molar-refractivity contribution in [2.75, 3.05) is 23.9 Å². The first-order valence-electron chi connectivity index (χ1n) is 16.8. The minimum Gasteiger partial charge on any atom is -0.506 e. The van der Waals surface area contributed by atoms with Gasteiger partial charge in [0.25, 0.3) is 5.91 Å². The number of carbonyl (C=O) groups is 2. The maximum atomic E-state index is 13.8. The third-order valence-electron chi connectivity index (χ3n) is 8.43. The van der Waals surface area contributed by atoms with Crippen LogP contribution in [-0.2, 0) is 5.33 Å². The normalized spacial score (nSPS) is 10.9. The summed E-state index contributed by atoms with van der Waals surface area (Å²) in [6.45, 7) is 2.50. The molecule has 10 nitrogen and oxygen atoms in total. The van der Waals surface area contributed by atoms with Gasteiger partial charge in [0.2, 0.25) is 5.75 Å². The number of hydrogen-bond acceptors (Lipinski definition) is 7. The Balaban J connectivity index is 1.59. The standard InChI is InChI=1S/C38H44BrN3O7/c1-3-4-5-6-7-8-9-10-11-14-24-41(38(45)49-35-23-20-27(26-39)25-33(35)42(46)47)32-18-15-16-29-28(32)21-22-30(36(29)43)37(44)40-31-17-12-13-19-34(31)48-2/h12-13,15-23,25,43H,3-11,14,24,26H2,1-2H3,(H,40,44). The van der Waals surface area contributed by atoms with Crippen molar-refractivity contribution < 1.29 is 29.1 Å². The van der Waals surface area contributed by atoms with Crippen LogP contribution in [0.4, 0.5) is 21.9 Å². The average molecular weight is 735 g/mol. The number of ether oxygens (including phenoxy) is 2. The number of para-hydroxylation sites is 2. The highest BCUT2D eigenvalue weighted by molar-refractivity contribution is 9.08. The number of phenolic OH excluding ortho intramolecular Hbond substituents is 1. The lowest BCUT2D eigenvalue weighted by atomic mass is 10.0. The van der Waals surface area contributed by atoms with Crippen LogP contribution in [-0.4, -0.2) is 35.7 Å². The second kappa shape index (κ2) is 18.8. The molecule has 0 radical (unpaired) electrons. The van der Waals surface area contributed by atoms with E-state index in [0.717, 1.165) is 19.3 Å². The van der Waals surface area contributed by atoms with Crippen LogP contribution in [0, 0.1) is 10.1 Å². The zero-order chi connectivity index (χ0) is 35.2. The number of unbranched alkanes of at least 4 members (excludes halogenated alkanes) is 9. The van der Waals surface area contributed by atoms with E-state index >= 15 is 0 Å². The molecule has 4 aromatic rings. The van der Waals surface area contributed by atoms with Gasteiger partial charge in [-0.3, -0.25) is 19.8 Å². The molecule has 2 amide bonds. The molecule has 0 aromatic heterocycles. The predicted molar refractivity (Wildman–Crippen MR) is 198 cm³/mol. The van der Waals surface area contributed by atoms with Gasteiger partial charge in [-0.2, -0.15) is 0 Å². The van der Waals surface area contributed by atoms with E-state index in [4.69, 9.17) is 9.47 Å². The van der Waals surface area contributed by atoms with Crippen LogP contribution >= 0.6 is 15.9 Å². The monoisotopic (exact) mass is 733 g/mol. The minimum atomic E-state index is -0.782. The molecule has 4 rings (SSSR count). The average Bonchev–Trinajstić information content (AvgIpc) is 3.11. The highest BCUT2D eigenvalue weighted by atomic mass is 79.9. The number of halogens is 1. The molecule has 0 spiro atoms. The number of alkyl halides is 1. The van der Waals surface area contributed by atoms with Crippen molar-refractivity contribution >= 4 is 55.8 Å². The Morgan fingerprint density at radius 3 is 2.22 bits per heavy atom. The van der Waals surface area contributed by atoms with Crippen LogP contribution in [0.2, 0.25) is 0 Å². The number of nitrogens with zero attached hydrogens (tertiary/aromatic N) is 2. The molecule has 0 aliphatic rings. The summed E-state index contributed by atoms with van der Waals surface area (Å²) in [5.41, 5.74) is 1.30. The molecule has 49 heavy (non-hydrogen) atoms. The Bertz CT molecular complexity index is 1750. The van der Waals surface area contributed by atoms with Crippen molar-refractivity contribution in [3.63, 3.8) is 0 Å². The van der Waals surface area contributed by atoms with Crippen molar-refractivity contribution in [2.24, 2.45) is 0 Å². The molecule has 0 aliphatic heterocycles. The van der Waals surface area contributed by atoms with Gasteiger partial charge in [0.1, 0.15) is 11.5 Å². The van der Waals surface area contributed by atoms with Crippen LogP contribution < -0.4 is 19.7 Å². The molecule has 11 heteroatoms. The smallest absolute Gasteiger partial charge is 0.420 e. The Labute approximate surface area is 295 Å². The second-order valence-electron chi connectivity index (χ2n) is 11.9. The zero-order valence-corrected chi connectivity index (χ0v) is 29.7. The maximum Gasteiger partial charge on any atom is 0.420 e. The fraction of sp³-hybridized carbons (Fsp3) is 0.368. The lowest BCUT2D eigenvalue weighted by Crippen LogP contribution is -2.34. The quantitative estimate of drug-likeness (QED) is 0.0450. The molecular weight excluding hydrogens is 690 g/mol. The number of phenols is 1. The number of carbonyl (C=O) groups excluding carboxylic acids is 2. The topological polar surface area (TPSA) is 131 Å². The summed E-state index contributed by atoms with van der Waals surface area (Å²) in [6.07, 6.45) is 10.4. The number of benzene rings is 4. The van der Waals surface area contributed by atoms with Crippen LogP contribution in [0.1, 0.15) is 87.1 Å². The lowest BCUT2D eigenvalue weighted by Gasteiger charge is -2.24. The minimum absolute atomic E-state index is 0.0434. The number of amides is 2. The van der Waals surface area contributed by atoms with E-state index in [9.17, 15) is 24.8 Å². The summed E-state index contributed by atoms with van der Waals surface area (Å²) in [4.78, 5) is 39.8. The van der Waals surface area contributed by atoms with Crippen LogP contribution in [0.25, 0.3) is 10.8 Å². The second-order valence-corrected chi connectivity index (χ2v) is 12.4. The predicted octanol–water partition coefficient (Wildman–Crippen LogP) is 10.5. The highest BCUT2D eigenvalue weighted by Gasteiger charge is 2.26. The number of nitro benzene ring substituents is 1. The molecule has 0 heterocycles.